The van der Waals surface area contributed by atoms with E-state index in [9.17, 15) is 25.2 Å². The van der Waals surface area contributed by atoms with E-state index >= 15 is 0 Å². The first kappa shape index (κ1) is 68.0. The number of nitrogens with one attached hydrogen (secondary N) is 1. The summed E-state index contributed by atoms with van der Waals surface area (Å²) >= 11 is 0. The van der Waals surface area contributed by atoms with Crippen LogP contribution >= 0.6 is 0 Å². The van der Waals surface area contributed by atoms with E-state index in [1.807, 2.05) is 0 Å². The topological polar surface area (TPSA) is 110 Å². The fourth-order valence-electron chi connectivity index (χ4n) is 9.35. The van der Waals surface area contributed by atoms with Crippen molar-refractivity contribution in [3.8, 4) is 0 Å². The summed E-state index contributed by atoms with van der Waals surface area (Å²) in [5.74, 6) is -0.606. The lowest BCUT2D eigenvalue weighted by Crippen LogP contribution is -2.53. The van der Waals surface area contributed by atoms with E-state index in [0.29, 0.717) is 19.3 Å². The van der Waals surface area contributed by atoms with Gasteiger partial charge in [-0.1, -0.05) is 274 Å². The Morgan fingerprint density at radius 1 is 0.357 bits per heavy atom. The second-order valence-corrected chi connectivity index (χ2v) is 21.0. The van der Waals surface area contributed by atoms with Crippen LogP contribution in [0.25, 0.3) is 0 Å². The number of unbranched alkanes of at least 4 members (excludes halogenated alkanes) is 37. The molecule has 0 aromatic heterocycles. The highest BCUT2D eigenvalue weighted by Gasteiger charge is 2.28. The number of rotatable bonds is 56. The van der Waals surface area contributed by atoms with Crippen LogP contribution in [0.4, 0.5) is 0 Å². The molecule has 0 bridgehead atoms. The van der Waals surface area contributed by atoms with Crippen LogP contribution in [0.2, 0.25) is 0 Å². The van der Waals surface area contributed by atoms with E-state index in [1.165, 1.54) is 205 Å². The molecule has 0 aromatic rings. The predicted molar refractivity (Wildman–Crippen MR) is 306 cm³/mol. The average molecular weight is 983 g/mol. The van der Waals surface area contributed by atoms with Crippen molar-refractivity contribution < 1.29 is 25.2 Å². The Kier molecular flexibility index (Phi) is 56.3. The van der Waals surface area contributed by atoms with Crippen LogP contribution in [0.15, 0.2) is 60.8 Å². The fourth-order valence-corrected chi connectivity index (χ4v) is 9.35. The Bertz CT molecular complexity index is 1190. The van der Waals surface area contributed by atoms with Gasteiger partial charge < -0.3 is 25.7 Å². The van der Waals surface area contributed by atoms with Crippen molar-refractivity contribution in [3.05, 3.63) is 60.8 Å². The highest BCUT2D eigenvalue weighted by molar-refractivity contribution is 5.80. The molecule has 410 valence electrons. The second-order valence-electron chi connectivity index (χ2n) is 21.0. The lowest BCUT2D eigenvalue weighted by molar-refractivity contribution is -0.132. The lowest BCUT2D eigenvalue weighted by Gasteiger charge is -2.27. The second kappa shape index (κ2) is 57.9. The summed E-state index contributed by atoms with van der Waals surface area (Å²) in [5, 5.41) is 44.0. The summed E-state index contributed by atoms with van der Waals surface area (Å²) in [6, 6.07) is -1.02. The molecule has 6 nitrogen and oxygen atoms in total. The molecule has 0 fully saturated rings. The minimum atomic E-state index is -1.30. The summed E-state index contributed by atoms with van der Waals surface area (Å²) < 4.78 is 0. The van der Waals surface area contributed by atoms with E-state index in [4.69, 9.17) is 0 Å². The molecular weight excluding hydrogens is 863 g/mol. The van der Waals surface area contributed by atoms with Crippen molar-refractivity contribution in [1.29, 1.82) is 0 Å². The third-order valence-corrected chi connectivity index (χ3v) is 14.2. The number of hydrogen-bond acceptors (Lipinski definition) is 5. The molecule has 6 heteroatoms. The molecule has 0 aliphatic heterocycles. The Morgan fingerprint density at radius 3 is 0.986 bits per heavy atom. The fraction of sp³-hybridized carbons (Fsp3) is 0.828. The normalized spacial score (nSPS) is 14.1. The zero-order valence-corrected chi connectivity index (χ0v) is 46.5. The average Bonchev–Trinajstić information content (AvgIpc) is 3.36. The van der Waals surface area contributed by atoms with E-state index in [0.717, 1.165) is 70.6 Å². The minimum absolute atomic E-state index is 0.344. The third-order valence-electron chi connectivity index (χ3n) is 14.2. The number of carbonyl (C=O) groups excluding carboxylic acids is 1. The maximum Gasteiger partial charge on any atom is 0.249 e. The third kappa shape index (κ3) is 50.9. The van der Waals surface area contributed by atoms with E-state index < -0.39 is 36.9 Å². The van der Waals surface area contributed by atoms with Gasteiger partial charge in [-0.2, -0.15) is 0 Å². The van der Waals surface area contributed by atoms with Crippen LogP contribution < -0.4 is 5.32 Å². The standard InChI is InChI=1S/C64H119NO5/c1-3-5-7-9-11-13-15-17-19-21-23-25-27-28-29-30-31-32-33-34-35-36-38-39-41-43-45-47-49-51-53-55-57-61(67)63(69)60(59-66)65-64(70)62(68)58-56-54-52-50-48-46-44-42-40-37-26-24-22-20-18-16-14-12-10-8-6-4-2/h24,26,35-36,40-43,49,51,60-63,66-69H,3-23,25,27-34,37-39,44-48,50,52-59H2,1-2H3,(H,65,70)/b26-24-,36-35+,42-40-,43-41+,51-49+. The summed E-state index contributed by atoms with van der Waals surface area (Å²) in [6.07, 6.45) is 76.0. The predicted octanol–water partition coefficient (Wildman–Crippen LogP) is 18.3. The maximum atomic E-state index is 12.6. The summed E-state index contributed by atoms with van der Waals surface area (Å²) in [4.78, 5) is 12.6. The van der Waals surface area contributed by atoms with Crippen molar-refractivity contribution in [2.45, 2.75) is 334 Å². The van der Waals surface area contributed by atoms with Crippen LogP contribution in [0, 0.1) is 0 Å². The van der Waals surface area contributed by atoms with Gasteiger partial charge in [0.05, 0.1) is 18.8 Å². The minimum Gasteiger partial charge on any atom is -0.394 e. The number of amides is 1. The SMILES string of the molecule is CCCCCCCCCCC/C=C\C/C=C\CCCCCCCCC(O)C(=O)NC(CO)C(O)C(O)CCC/C=C/CC/C=C/CC/C=C/CCCCCCCCCCCCCCCCCCCCC. The molecule has 0 rings (SSSR count). The van der Waals surface area contributed by atoms with Gasteiger partial charge in [0, 0.05) is 0 Å². The van der Waals surface area contributed by atoms with Crippen molar-refractivity contribution in [3.63, 3.8) is 0 Å². The van der Waals surface area contributed by atoms with Gasteiger partial charge in [0.2, 0.25) is 5.91 Å². The van der Waals surface area contributed by atoms with Crippen LogP contribution in [0.5, 0.6) is 0 Å². The van der Waals surface area contributed by atoms with Crippen LogP contribution in [0.3, 0.4) is 0 Å². The van der Waals surface area contributed by atoms with Gasteiger partial charge in [0.15, 0.2) is 0 Å². The summed E-state index contributed by atoms with van der Waals surface area (Å²) in [5.41, 5.74) is 0. The molecule has 5 N–H and O–H groups in total. The van der Waals surface area contributed by atoms with Gasteiger partial charge in [-0.05, 0) is 96.3 Å². The quantitative estimate of drug-likeness (QED) is 0.0308. The Morgan fingerprint density at radius 2 is 0.643 bits per heavy atom. The van der Waals surface area contributed by atoms with Crippen molar-refractivity contribution in [1.82, 2.24) is 5.32 Å². The Labute approximate surface area is 435 Å². The smallest absolute Gasteiger partial charge is 0.249 e. The van der Waals surface area contributed by atoms with Crippen molar-refractivity contribution in [2.75, 3.05) is 6.61 Å². The number of aliphatic hydroxyl groups excluding tert-OH is 4. The number of allylic oxidation sites excluding steroid dienone is 10. The summed E-state index contributed by atoms with van der Waals surface area (Å²) in [6.45, 7) is 4.06. The molecule has 4 unspecified atom stereocenters. The largest absolute Gasteiger partial charge is 0.394 e. The number of carbonyl (C=O) groups is 1. The number of hydrogen-bond donors (Lipinski definition) is 5. The van der Waals surface area contributed by atoms with Crippen LogP contribution in [-0.4, -0.2) is 57.3 Å². The number of aliphatic hydroxyl groups is 4. The van der Waals surface area contributed by atoms with Crippen molar-refractivity contribution >= 4 is 5.91 Å². The Hall–Kier alpha value is -1.99. The van der Waals surface area contributed by atoms with E-state index in [1.54, 1.807) is 0 Å². The highest BCUT2D eigenvalue weighted by atomic mass is 16.3. The van der Waals surface area contributed by atoms with Gasteiger partial charge in [-0.3, -0.25) is 4.79 Å². The van der Waals surface area contributed by atoms with Gasteiger partial charge in [-0.25, -0.2) is 0 Å². The van der Waals surface area contributed by atoms with Crippen LogP contribution in [0.1, 0.15) is 309 Å². The molecule has 0 saturated heterocycles. The van der Waals surface area contributed by atoms with Gasteiger partial charge in [0.25, 0.3) is 0 Å². The molecule has 4 atom stereocenters. The van der Waals surface area contributed by atoms with Gasteiger partial charge in [0.1, 0.15) is 12.2 Å². The first-order valence-electron chi connectivity index (χ1n) is 30.7. The molecule has 0 spiro atoms. The molecule has 0 aliphatic carbocycles. The first-order valence-corrected chi connectivity index (χ1v) is 30.7. The molecule has 0 aromatic carbocycles. The molecular formula is C64H119NO5. The molecule has 0 heterocycles. The molecule has 0 radical (unpaired) electrons. The Balaban J connectivity index is 3.70. The molecule has 0 saturated carbocycles. The zero-order valence-electron chi connectivity index (χ0n) is 46.5. The molecule has 70 heavy (non-hydrogen) atoms. The first-order chi connectivity index (χ1) is 34.5. The summed E-state index contributed by atoms with van der Waals surface area (Å²) in [7, 11) is 0. The zero-order chi connectivity index (χ0) is 50.9. The lowest BCUT2D eigenvalue weighted by atomic mass is 10.00. The van der Waals surface area contributed by atoms with E-state index in [2.05, 4.69) is 79.9 Å². The molecule has 1 amide bonds. The van der Waals surface area contributed by atoms with Crippen molar-refractivity contribution in [2.24, 2.45) is 0 Å². The monoisotopic (exact) mass is 982 g/mol. The maximum absolute atomic E-state index is 12.6. The van der Waals surface area contributed by atoms with Gasteiger partial charge in [-0.15, -0.1) is 0 Å². The van der Waals surface area contributed by atoms with Crippen LogP contribution in [-0.2, 0) is 4.79 Å². The van der Waals surface area contributed by atoms with E-state index in [-0.39, 0.29) is 0 Å². The molecule has 0 aliphatic rings. The van der Waals surface area contributed by atoms with Gasteiger partial charge >= 0.3 is 0 Å². The highest BCUT2D eigenvalue weighted by Crippen LogP contribution is 2.17.